The molecule has 2 aromatic rings. The first kappa shape index (κ1) is 12.4. The van der Waals surface area contributed by atoms with Gasteiger partial charge in [0.05, 0.1) is 0 Å². The molecule has 5 heteroatoms. The molecule has 0 amide bonds. The molecular formula is C12H10F4Te. The number of hydrogen-bond acceptors (Lipinski definition) is 0. The van der Waals surface area contributed by atoms with Crippen LogP contribution in [0.2, 0.25) is 0 Å². The monoisotopic (exact) mass is 360 g/mol. The summed E-state index contributed by atoms with van der Waals surface area (Å²) >= 11 is -9.31. The third-order valence-electron chi connectivity index (χ3n) is 2.43. The van der Waals surface area contributed by atoms with Crippen LogP contribution in [0.15, 0.2) is 60.7 Å². The Kier molecular flexibility index (Phi) is 2.37. The van der Waals surface area contributed by atoms with Gasteiger partial charge < -0.3 is 0 Å². The van der Waals surface area contributed by atoms with Gasteiger partial charge in [-0.25, -0.2) is 0 Å². The second-order valence-corrected chi connectivity index (χ2v) is 12.5. The van der Waals surface area contributed by atoms with E-state index >= 15 is 0 Å². The average molecular weight is 358 g/mol. The first-order valence-corrected chi connectivity index (χ1v) is 10.7. The molecular weight excluding hydrogens is 348 g/mol. The molecule has 2 rings (SSSR count). The number of rotatable bonds is 2. The minimum absolute atomic E-state index is 0.790. The summed E-state index contributed by atoms with van der Waals surface area (Å²) in [6.45, 7) is 0. The molecule has 0 aliphatic carbocycles. The van der Waals surface area contributed by atoms with Crippen LogP contribution in [0.4, 0.5) is 11.6 Å². The summed E-state index contributed by atoms with van der Waals surface area (Å²) in [6, 6.07) is 10.8. The Hall–Kier alpha value is -1.05. The van der Waals surface area contributed by atoms with Crippen molar-refractivity contribution in [1.29, 1.82) is 0 Å². The van der Waals surface area contributed by atoms with Crippen LogP contribution < -0.4 is 7.22 Å². The molecule has 0 saturated carbocycles. The first-order valence-electron chi connectivity index (χ1n) is 4.85. The summed E-state index contributed by atoms with van der Waals surface area (Å²) in [5, 5.41) is 0. The number of benzene rings is 2. The molecule has 0 aliphatic rings. The summed E-state index contributed by atoms with van der Waals surface area (Å²) in [5.74, 6) is 0. The van der Waals surface area contributed by atoms with Gasteiger partial charge in [0.2, 0.25) is 0 Å². The Morgan fingerprint density at radius 3 is 1.12 bits per heavy atom. The van der Waals surface area contributed by atoms with Gasteiger partial charge in [-0.15, -0.1) is 0 Å². The quantitative estimate of drug-likeness (QED) is 0.572. The van der Waals surface area contributed by atoms with Crippen molar-refractivity contribution in [2.75, 3.05) is 0 Å². The molecule has 0 spiro atoms. The standard InChI is InChI=1S/C12H10F4Te/c13-17(14,15,16,11-7-3-1-4-8-11)12-9-5-2-6-10-12/h1-10H. The van der Waals surface area contributed by atoms with Gasteiger partial charge in [0.15, 0.2) is 0 Å². The Morgan fingerprint density at radius 1 is 0.529 bits per heavy atom. The number of hydrogen-bond donors (Lipinski definition) is 0. The fourth-order valence-electron chi connectivity index (χ4n) is 1.52. The average Bonchev–Trinajstić information content (AvgIpc) is 2.30. The van der Waals surface area contributed by atoms with E-state index in [1.54, 1.807) is 0 Å². The molecule has 0 nitrogen and oxygen atoms in total. The van der Waals surface area contributed by atoms with Crippen molar-refractivity contribution >= 4 is 24.9 Å². The van der Waals surface area contributed by atoms with Crippen LogP contribution in [0.3, 0.4) is 0 Å². The molecule has 0 N–H and O–H groups in total. The maximum atomic E-state index is 14.1. The predicted octanol–water partition coefficient (Wildman–Crippen LogP) is 3.02. The van der Waals surface area contributed by atoms with E-state index in [4.69, 9.17) is 0 Å². The van der Waals surface area contributed by atoms with Crippen LogP contribution in [0.25, 0.3) is 0 Å². The number of halogens is 4. The summed E-state index contributed by atoms with van der Waals surface area (Å²) < 4.78 is 54.2. The second-order valence-electron chi connectivity index (χ2n) is 3.70. The Labute approximate surface area is 97.1 Å². The molecule has 0 saturated heterocycles. The molecule has 17 heavy (non-hydrogen) atoms. The van der Waals surface area contributed by atoms with Gasteiger partial charge in [0.1, 0.15) is 0 Å². The van der Waals surface area contributed by atoms with E-state index in [0.717, 1.165) is 24.3 Å². The summed E-state index contributed by atoms with van der Waals surface area (Å²) in [6.07, 6.45) is 0. The van der Waals surface area contributed by atoms with Gasteiger partial charge in [0.25, 0.3) is 0 Å². The van der Waals surface area contributed by atoms with Gasteiger partial charge >= 0.3 is 97.2 Å². The van der Waals surface area contributed by atoms with E-state index in [9.17, 15) is 11.6 Å². The van der Waals surface area contributed by atoms with Crippen LogP contribution in [-0.2, 0) is 0 Å². The minimum atomic E-state index is -9.31. The van der Waals surface area contributed by atoms with Crippen molar-refractivity contribution in [3.8, 4) is 0 Å². The Bertz CT molecular complexity index is 484. The Balaban J connectivity index is 2.76. The molecule has 0 aliphatic heterocycles. The third kappa shape index (κ3) is 2.05. The van der Waals surface area contributed by atoms with Gasteiger partial charge in [-0.2, -0.15) is 0 Å². The van der Waals surface area contributed by atoms with E-state index in [-0.39, 0.29) is 0 Å². The van der Waals surface area contributed by atoms with Gasteiger partial charge in [-0.1, -0.05) is 0 Å². The molecule has 2 aromatic carbocycles. The molecule has 0 atom stereocenters. The zero-order chi connectivity index (χ0) is 12.6. The molecule has 0 heterocycles. The van der Waals surface area contributed by atoms with Crippen LogP contribution >= 0.6 is 0 Å². The molecule has 0 aromatic heterocycles. The third-order valence-corrected chi connectivity index (χ3v) is 9.40. The molecule has 0 fully saturated rings. The predicted molar refractivity (Wildman–Crippen MR) is 62.3 cm³/mol. The summed E-state index contributed by atoms with van der Waals surface area (Å²) in [4.78, 5) is 0. The van der Waals surface area contributed by atoms with E-state index in [2.05, 4.69) is 0 Å². The molecule has 0 radical (unpaired) electrons. The van der Waals surface area contributed by atoms with Crippen molar-refractivity contribution in [2.24, 2.45) is 0 Å². The zero-order valence-corrected chi connectivity index (χ0v) is 11.0. The molecule has 92 valence electrons. The summed E-state index contributed by atoms with van der Waals surface area (Å²) in [5.41, 5.74) is 0. The van der Waals surface area contributed by atoms with Crippen LogP contribution in [0.1, 0.15) is 0 Å². The van der Waals surface area contributed by atoms with Crippen molar-refractivity contribution in [3.63, 3.8) is 0 Å². The molecule has 0 unspecified atom stereocenters. The van der Waals surface area contributed by atoms with E-state index in [1.807, 2.05) is 0 Å². The van der Waals surface area contributed by atoms with Crippen molar-refractivity contribution in [3.05, 3.63) is 60.7 Å². The van der Waals surface area contributed by atoms with E-state index < -0.39 is 24.9 Å². The fourth-order valence-corrected chi connectivity index (χ4v) is 6.32. The second kappa shape index (κ2) is 3.24. The van der Waals surface area contributed by atoms with Crippen molar-refractivity contribution in [2.45, 2.75) is 0 Å². The normalized spacial score (nSPS) is 16.0. The maximum absolute atomic E-state index is 14.1. The van der Waals surface area contributed by atoms with Crippen LogP contribution in [-0.4, -0.2) is 17.7 Å². The van der Waals surface area contributed by atoms with Gasteiger partial charge in [-0.3, -0.25) is 0 Å². The van der Waals surface area contributed by atoms with Gasteiger partial charge in [0, 0.05) is 0 Å². The molecule has 0 bridgehead atoms. The fraction of sp³-hybridized carbons (Fsp3) is 0. The van der Waals surface area contributed by atoms with Gasteiger partial charge in [-0.05, 0) is 0 Å². The van der Waals surface area contributed by atoms with E-state index in [1.165, 1.54) is 36.4 Å². The Morgan fingerprint density at radius 2 is 0.824 bits per heavy atom. The van der Waals surface area contributed by atoms with Crippen molar-refractivity contribution < 1.29 is 11.6 Å². The summed E-state index contributed by atoms with van der Waals surface area (Å²) in [7, 11) is 0. The van der Waals surface area contributed by atoms with E-state index in [0.29, 0.717) is 0 Å². The van der Waals surface area contributed by atoms with Crippen molar-refractivity contribution in [1.82, 2.24) is 0 Å². The van der Waals surface area contributed by atoms with Crippen LogP contribution in [0, 0.1) is 0 Å². The topological polar surface area (TPSA) is 0 Å². The SMILES string of the molecule is F[Te](F)(F)(F)(c1ccccc1)c1ccccc1. The zero-order valence-electron chi connectivity index (χ0n) is 8.69. The first-order chi connectivity index (χ1) is 7.74. The van der Waals surface area contributed by atoms with Crippen LogP contribution in [0.5, 0.6) is 0 Å².